The predicted molar refractivity (Wildman–Crippen MR) is 45.3 cm³/mol. The molecule has 1 rings (SSSR count). The van der Waals surface area contributed by atoms with Crippen LogP contribution in [0.1, 0.15) is 17.0 Å². The van der Waals surface area contributed by atoms with E-state index >= 15 is 0 Å². The molecule has 3 nitrogen and oxygen atoms in total. The van der Waals surface area contributed by atoms with Crippen LogP contribution in [0.3, 0.4) is 0 Å². The molecular weight excluding hydrogens is 154 g/mol. The van der Waals surface area contributed by atoms with Gasteiger partial charge in [-0.2, -0.15) is 0 Å². The third kappa shape index (κ3) is 2.51. The highest BCUT2D eigenvalue weighted by molar-refractivity contribution is 5.93. The maximum Gasteiger partial charge on any atom is 0.203 e. The summed E-state index contributed by atoms with van der Waals surface area (Å²) >= 11 is 0. The SMILES string of the molecule is C[NH+](C)CCC(=O)c1ccco1. The smallest absolute Gasteiger partial charge is 0.203 e. The topological polar surface area (TPSA) is 34.7 Å². The zero-order valence-corrected chi connectivity index (χ0v) is 7.46. The van der Waals surface area contributed by atoms with Gasteiger partial charge >= 0.3 is 0 Å². The number of carbonyl (C=O) groups excluding carboxylic acids is 1. The van der Waals surface area contributed by atoms with Crippen LogP contribution in [-0.4, -0.2) is 26.4 Å². The first-order valence-corrected chi connectivity index (χ1v) is 4.06. The average molecular weight is 168 g/mol. The first-order chi connectivity index (χ1) is 5.70. The van der Waals surface area contributed by atoms with Crippen molar-refractivity contribution >= 4 is 5.78 Å². The molecule has 0 spiro atoms. The summed E-state index contributed by atoms with van der Waals surface area (Å²) in [6.45, 7) is 0.847. The minimum atomic E-state index is 0.0844. The lowest BCUT2D eigenvalue weighted by Crippen LogP contribution is -3.05. The lowest BCUT2D eigenvalue weighted by Gasteiger charge is -2.04. The lowest BCUT2D eigenvalue weighted by molar-refractivity contribution is -0.857. The number of hydrogen-bond acceptors (Lipinski definition) is 2. The van der Waals surface area contributed by atoms with Crippen LogP contribution in [0.15, 0.2) is 22.8 Å². The summed E-state index contributed by atoms with van der Waals surface area (Å²) in [4.78, 5) is 12.6. The molecule has 1 N–H and O–H groups in total. The van der Waals surface area contributed by atoms with Gasteiger partial charge < -0.3 is 9.32 Å². The Hall–Kier alpha value is -1.09. The normalized spacial score (nSPS) is 10.6. The number of Topliss-reactive ketones (excluding diaryl/α,β-unsaturated/α-hetero) is 1. The number of rotatable bonds is 4. The Kier molecular flexibility index (Phi) is 3.05. The Morgan fingerprint density at radius 2 is 2.33 bits per heavy atom. The molecule has 3 heteroatoms. The van der Waals surface area contributed by atoms with E-state index in [1.165, 1.54) is 11.2 Å². The zero-order chi connectivity index (χ0) is 8.97. The number of nitrogens with one attached hydrogen (secondary N) is 1. The first kappa shape index (κ1) is 9.00. The highest BCUT2D eigenvalue weighted by Crippen LogP contribution is 2.02. The first-order valence-electron chi connectivity index (χ1n) is 4.06. The molecule has 0 radical (unpaired) electrons. The Balaban J connectivity index is 2.40. The van der Waals surface area contributed by atoms with Crippen LogP contribution in [0.2, 0.25) is 0 Å². The number of hydrogen-bond donors (Lipinski definition) is 1. The lowest BCUT2D eigenvalue weighted by atomic mass is 10.2. The molecule has 1 aromatic heterocycles. The molecule has 12 heavy (non-hydrogen) atoms. The second kappa shape index (κ2) is 4.07. The van der Waals surface area contributed by atoms with E-state index in [2.05, 4.69) is 0 Å². The summed E-state index contributed by atoms with van der Waals surface area (Å²) in [6.07, 6.45) is 2.07. The fourth-order valence-corrected chi connectivity index (χ4v) is 0.924. The van der Waals surface area contributed by atoms with E-state index < -0.39 is 0 Å². The minimum absolute atomic E-state index is 0.0844. The number of furan rings is 1. The quantitative estimate of drug-likeness (QED) is 0.642. The number of quaternary nitrogens is 1. The fraction of sp³-hybridized carbons (Fsp3) is 0.444. The summed E-state index contributed by atoms with van der Waals surface area (Å²) < 4.78 is 4.97. The second-order valence-corrected chi connectivity index (χ2v) is 3.11. The maximum atomic E-state index is 11.3. The van der Waals surface area contributed by atoms with Crippen molar-refractivity contribution in [3.05, 3.63) is 24.2 Å². The van der Waals surface area contributed by atoms with Gasteiger partial charge in [0, 0.05) is 0 Å². The van der Waals surface area contributed by atoms with E-state index in [4.69, 9.17) is 4.42 Å². The monoisotopic (exact) mass is 168 g/mol. The van der Waals surface area contributed by atoms with Crippen LogP contribution in [0.4, 0.5) is 0 Å². The van der Waals surface area contributed by atoms with Crippen molar-refractivity contribution in [1.82, 2.24) is 0 Å². The summed E-state index contributed by atoms with van der Waals surface area (Å²) in [5.41, 5.74) is 0. The standard InChI is InChI=1S/C9H13NO2/c1-10(2)6-5-8(11)9-4-3-7-12-9/h3-4,7H,5-6H2,1-2H3/p+1. The molecule has 0 aliphatic rings. The molecule has 0 unspecified atom stereocenters. The van der Waals surface area contributed by atoms with Crippen molar-refractivity contribution in [2.75, 3.05) is 20.6 Å². The van der Waals surface area contributed by atoms with E-state index in [0.717, 1.165) is 6.54 Å². The van der Waals surface area contributed by atoms with Crippen molar-refractivity contribution in [1.29, 1.82) is 0 Å². The highest BCUT2D eigenvalue weighted by atomic mass is 16.3. The van der Waals surface area contributed by atoms with Gasteiger partial charge in [-0.1, -0.05) is 0 Å². The molecule has 66 valence electrons. The fourth-order valence-electron chi connectivity index (χ4n) is 0.924. The maximum absolute atomic E-state index is 11.3. The molecule has 0 aliphatic carbocycles. The van der Waals surface area contributed by atoms with Gasteiger partial charge in [0.2, 0.25) is 5.78 Å². The van der Waals surface area contributed by atoms with E-state index in [-0.39, 0.29) is 5.78 Å². The molecule has 0 aromatic carbocycles. The van der Waals surface area contributed by atoms with Gasteiger partial charge in [-0.25, -0.2) is 0 Å². The van der Waals surface area contributed by atoms with E-state index in [1.807, 2.05) is 14.1 Å². The van der Waals surface area contributed by atoms with Crippen molar-refractivity contribution in [2.45, 2.75) is 6.42 Å². The van der Waals surface area contributed by atoms with Crippen LogP contribution in [0.5, 0.6) is 0 Å². The van der Waals surface area contributed by atoms with E-state index in [9.17, 15) is 4.79 Å². The number of carbonyl (C=O) groups is 1. The van der Waals surface area contributed by atoms with Crippen LogP contribution < -0.4 is 4.90 Å². The van der Waals surface area contributed by atoms with Crippen molar-refractivity contribution < 1.29 is 14.1 Å². The Bertz CT molecular complexity index is 239. The zero-order valence-electron chi connectivity index (χ0n) is 7.46. The largest absolute Gasteiger partial charge is 0.461 e. The van der Waals surface area contributed by atoms with Gasteiger partial charge in [-0.05, 0) is 12.1 Å². The number of ketones is 1. The molecule has 1 heterocycles. The summed E-state index contributed by atoms with van der Waals surface area (Å²) in [5.74, 6) is 0.553. The molecule has 0 saturated heterocycles. The Morgan fingerprint density at radius 1 is 1.58 bits per heavy atom. The van der Waals surface area contributed by atoms with Crippen molar-refractivity contribution in [3.8, 4) is 0 Å². The van der Waals surface area contributed by atoms with Gasteiger partial charge in [0.05, 0.1) is 33.3 Å². The molecule has 0 amide bonds. The van der Waals surface area contributed by atoms with Gasteiger partial charge in [0.25, 0.3) is 0 Å². The summed E-state index contributed by atoms with van der Waals surface area (Å²) in [7, 11) is 4.05. The third-order valence-corrected chi connectivity index (χ3v) is 1.65. The van der Waals surface area contributed by atoms with Crippen LogP contribution in [0, 0.1) is 0 Å². The van der Waals surface area contributed by atoms with Gasteiger partial charge in [-0.15, -0.1) is 0 Å². The highest BCUT2D eigenvalue weighted by Gasteiger charge is 2.09. The minimum Gasteiger partial charge on any atom is -0.461 e. The average Bonchev–Trinajstić information content (AvgIpc) is 2.51. The van der Waals surface area contributed by atoms with Gasteiger partial charge in [0.15, 0.2) is 5.76 Å². The van der Waals surface area contributed by atoms with Crippen molar-refractivity contribution in [3.63, 3.8) is 0 Å². The molecule has 0 atom stereocenters. The molecule has 0 saturated carbocycles. The molecule has 0 fully saturated rings. The van der Waals surface area contributed by atoms with E-state index in [1.54, 1.807) is 12.1 Å². The third-order valence-electron chi connectivity index (χ3n) is 1.65. The summed E-state index contributed by atoms with van der Waals surface area (Å²) in [6, 6.07) is 3.43. The molecule has 0 bridgehead atoms. The molecule has 0 aliphatic heterocycles. The van der Waals surface area contributed by atoms with Crippen molar-refractivity contribution in [2.24, 2.45) is 0 Å². The molecule has 1 aromatic rings. The van der Waals surface area contributed by atoms with Crippen LogP contribution >= 0.6 is 0 Å². The van der Waals surface area contributed by atoms with Crippen LogP contribution in [0.25, 0.3) is 0 Å². The Labute approximate surface area is 72.0 Å². The second-order valence-electron chi connectivity index (χ2n) is 3.11. The predicted octanol–water partition coefficient (Wildman–Crippen LogP) is -0.00310. The van der Waals surface area contributed by atoms with Crippen LogP contribution in [-0.2, 0) is 0 Å². The van der Waals surface area contributed by atoms with Gasteiger partial charge in [-0.3, -0.25) is 4.79 Å². The van der Waals surface area contributed by atoms with E-state index in [0.29, 0.717) is 12.2 Å². The Morgan fingerprint density at radius 3 is 2.83 bits per heavy atom. The van der Waals surface area contributed by atoms with Gasteiger partial charge in [0.1, 0.15) is 0 Å². The summed E-state index contributed by atoms with van der Waals surface area (Å²) in [5, 5.41) is 0. The molecular formula is C9H14NO2+.